The standard InChI is InChI=1S/C36H42O4/c1-4-24-38-34(27-16-10-7-11-17-27)30-22-23-31(37)33(36(40-26-6-3)29-20-14-9-15-21-29)32(30)35(39-25-5-2)28-18-12-8-13-19-28/h7-23,34-37H,4-6,24-26H2,1-3H3. The molecule has 0 saturated carbocycles. The van der Waals surface area contributed by atoms with E-state index in [0.29, 0.717) is 19.8 Å². The van der Waals surface area contributed by atoms with E-state index >= 15 is 0 Å². The molecule has 0 heterocycles. The average molecular weight is 539 g/mol. The molecule has 0 aliphatic heterocycles. The van der Waals surface area contributed by atoms with Gasteiger partial charge in [-0.3, -0.25) is 0 Å². The van der Waals surface area contributed by atoms with Gasteiger partial charge in [0, 0.05) is 30.9 Å². The zero-order valence-electron chi connectivity index (χ0n) is 24.0. The second-order valence-corrected chi connectivity index (χ2v) is 9.99. The maximum atomic E-state index is 11.6. The molecule has 0 saturated heterocycles. The molecule has 40 heavy (non-hydrogen) atoms. The fourth-order valence-corrected chi connectivity index (χ4v) is 5.09. The molecule has 4 aromatic carbocycles. The smallest absolute Gasteiger partial charge is 0.122 e. The molecule has 0 aliphatic rings. The van der Waals surface area contributed by atoms with Gasteiger partial charge in [0.25, 0.3) is 0 Å². The minimum absolute atomic E-state index is 0.187. The first-order chi connectivity index (χ1) is 19.7. The molecule has 0 fully saturated rings. The van der Waals surface area contributed by atoms with Crippen LogP contribution in [0.2, 0.25) is 0 Å². The molecule has 4 rings (SSSR count). The third kappa shape index (κ3) is 7.19. The monoisotopic (exact) mass is 538 g/mol. The maximum Gasteiger partial charge on any atom is 0.122 e. The Labute approximate surface area is 239 Å². The Bertz CT molecular complexity index is 1270. The van der Waals surface area contributed by atoms with Gasteiger partial charge in [0.1, 0.15) is 24.1 Å². The summed E-state index contributed by atoms with van der Waals surface area (Å²) in [5.41, 5.74) is 5.66. The minimum atomic E-state index is -0.477. The normalized spacial score (nSPS) is 13.6. The third-order valence-electron chi connectivity index (χ3n) is 6.88. The van der Waals surface area contributed by atoms with E-state index in [-0.39, 0.29) is 11.9 Å². The van der Waals surface area contributed by atoms with Gasteiger partial charge in [0.2, 0.25) is 0 Å². The predicted octanol–water partition coefficient (Wildman–Crippen LogP) is 8.94. The summed E-state index contributed by atoms with van der Waals surface area (Å²) in [5.74, 6) is 0.187. The van der Waals surface area contributed by atoms with Crippen LogP contribution in [0.3, 0.4) is 0 Å². The SMILES string of the molecule is CCCOC(c1ccccc1)c1ccc(O)c(C(OCCC)c2ccccc2)c1C(OCCC)c1ccccc1. The van der Waals surface area contributed by atoms with Gasteiger partial charge in [-0.1, -0.05) is 118 Å². The summed E-state index contributed by atoms with van der Waals surface area (Å²) in [7, 11) is 0. The van der Waals surface area contributed by atoms with Gasteiger partial charge in [0.15, 0.2) is 0 Å². The highest BCUT2D eigenvalue weighted by atomic mass is 16.5. The van der Waals surface area contributed by atoms with Crippen LogP contribution < -0.4 is 0 Å². The van der Waals surface area contributed by atoms with Crippen molar-refractivity contribution in [3.63, 3.8) is 0 Å². The van der Waals surface area contributed by atoms with Crippen LogP contribution >= 0.6 is 0 Å². The van der Waals surface area contributed by atoms with Crippen molar-refractivity contribution in [1.82, 2.24) is 0 Å². The molecule has 0 aromatic heterocycles. The Morgan fingerprint density at radius 2 is 0.850 bits per heavy atom. The summed E-state index contributed by atoms with van der Waals surface area (Å²) in [6.45, 7) is 8.07. The van der Waals surface area contributed by atoms with Crippen molar-refractivity contribution in [3.8, 4) is 5.75 Å². The molecule has 0 spiro atoms. The lowest BCUT2D eigenvalue weighted by atomic mass is 9.84. The van der Waals surface area contributed by atoms with Crippen LogP contribution in [-0.4, -0.2) is 24.9 Å². The Morgan fingerprint density at radius 3 is 1.27 bits per heavy atom. The molecule has 210 valence electrons. The molecule has 0 amide bonds. The van der Waals surface area contributed by atoms with Crippen molar-refractivity contribution in [1.29, 1.82) is 0 Å². The summed E-state index contributed by atoms with van der Waals surface area (Å²) in [4.78, 5) is 0. The number of hydrogen-bond donors (Lipinski definition) is 1. The van der Waals surface area contributed by atoms with Crippen LogP contribution in [0.4, 0.5) is 0 Å². The minimum Gasteiger partial charge on any atom is -0.508 e. The third-order valence-corrected chi connectivity index (χ3v) is 6.88. The molecular formula is C36H42O4. The quantitative estimate of drug-likeness (QED) is 0.164. The van der Waals surface area contributed by atoms with E-state index in [9.17, 15) is 5.11 Å². The molecule has 0 aliphatic carbocycles. The van der Waals surface area contributed by atoms with Gasteiger partial charge in [-0.15, -0.1) is 0 Å². The van der Waals surface area contributed by atoms with Crippen LogP contribution in [0, 0.1) is 0 Å². The van der Waals surface area contributed by atoms with Crippen molar-refractivity contribution in [3.05, 3.63) is 137 Å². The fourth-order valence-electron chi connectivity index (χ4n) is 5.09. The van der Waals surface area contributed by atoms with Crippen LogP contribution in [0.25, 0.3) is 0 Å². The fraction of sp³-hybridized carbons (Fsp3) is 0.333. The van der Waals surface area contributed by atoms with Crippen molar-refractivity contribution in [2.45, 2.75) is 58.3 Å². The summed E-state index contributed by atoms with van der Waals surface area (Å²) in [6, 6.07) is 34.5. The van der Waals surface area contributed by atoms with E-state index in [1.807, 2.05) is 60.7 Å². The van der Waals surface area contributed by atoms with Gasteiger partial charge in [-0.25, -0.2) is 0 Å². The number of aromatic hydroxyl groups is 1. The lowest BCUT2D eigenvalue weighted by Gasteiger charge is -2.32. The first-order valence-corrected chi connectivity index (χ1v) is 14.5. The zero-order chi connectivity index (χ0) is 28.2. The molecule has 3 unspecified atom stereocenters. The predicted molar refractivity (Wildman–Crippen MR) is 162 cm³/mol. The molecule has 4 aromatic rings. The van der Waals surface area contributed by atoms with E-state index in [0.717, 1.165) is 52.6 Å². The summed E-state index contributed by atoms with van der Waals surface area (Å²) < 4.78 is 19.8. The summed E-state index contributed by atoms with van der Waals surface area (Å²) in [5, 5.41) is 11.6. The second kappa shape index (κ2) is 15.4. The van der Waals surface area contributed by atoms with E-state index < -0.39 is 12.2 Å². The summed E-state index contributed by atoms with van der Waals surface area (Å²) in [6.07, 6.45) is 1.38. The molecule has 0 radical (unpaired) electrons. The average Bonchev–Trinajstić information content (AvgIpc) is 3.01. The first kappa shape index (κ1) is 29.5. The topological polar surface area (TPSA) is 47.9 Å². The molecule has 4 nitrogen and oxygen atoms in total. The van der Waals surface area contributed by atoms with Gasteiger partial charge >= 0.3 is 0 Å². The Balaban J connectivity index is 2.04. The number of benzene rings is 4. The highest BCUT2D eigenvalue weighted by Gasteiger charge is 2.33. The maximum absolute atomic E-state index is 11.6. The van der Waals surface area contributed by atoms with E-state index in [4.69, 9.17) is 14.2 Å². The van der Waals surface area contributed by atoms with Crippen molar-refractivity contribution in [2.75, 3.05) is 19.8 Å². The number of phenolic OH excluding ortho intramolecular Hbond substituents is 1. The van der Waals surface area contributed by atoms with Crippen LogP contribution in [-0.2, 0) is 14.2 Å². The van der Waals surface area contributed by atoms with Gasteiger partial charge in [0.05, 0.1) is 0 Å². The largest absolute Gasteiger partial charge is 0.508 e. The van der Waals surface area contributed by atoms with Gasteiger partial charge < -0.3 is 19.3 Å². The first-order valence-electron chi connectivity index (χ1n) is 14.5. The van der Waals surface area contributed by atoms with Crippen LogP contribution in [0.5, 0.6) is 5.75 Å². The Hall–Kier alpha value is -3.44. The number of ether oxygens (including phenoxy) is 3. The van der Waals surface area contributed by atoms with Crippen molar-refractivity contribution < 1.29 is 19.3 Å². The van der Waals surface area contributed by atoms with Crippen molar-refractivity contribution >= 4 is 0 Å². The number of rotatable bonds is 15. The number of hydrogen-bond acceptors (Lipinski definition) is 4. The molecule has 1 N–H and O–H groups in total. The molecule has 4 heteroatoms. The molecular weight excluding hydrogens is 496 g/mol. The molecule has 0 bridgehead atoms. The zero-order valence-corrected chi connectivity index (χ0v) is 24.0. The van der Waals surface area contributed by atoms with E-state index in [1.54, 1.807) is 6.07 Å². The highest BCUT2D eigenvalue weighted by Crippen LogP contribution is 2.45. The van der Waals surface area contributed by atoms with E-state index in [1.165, 1.54) is 0 Å². The molecule has 3 atom stereocenters. The summed E-state index contributed by atoms with van der Waals surface area (Å²) >= 11 is 0. The van der Waals surface area contributed by atoms with E-state index in [2.05, 4.69) is 57.2 Å². The lowest BCUT2D eigenvalue weighted by Crippen LogP contribution is -2.20. The Morgan fingerprint density at radius 1 is 0.475 bits per heavy atom. The van der Waals surface area contributed by atoms with Gasteiger partial charge in [-0.2, -0.15) is 0 Å². The van der Waals surface area contributed by atoms with Crippen LogP contribution in [0.15, 0.2) is 103 Å². The lowest BCUT2D eigenvalue weighted by molar-refractivity contribution is 0.0555. The second-order valence-electron chi connectivity index (χ2n) is 9.99. The highest BCUT2D eigenvalue weighted by molar-refractivity contribution is 5.54. The van der Waals surface area contributed by atoms with Crippen LogP contribution in [0.1, 0.15) is 91.7 Å². The van der Waals surface area contributed by atoms with Gasteiger partial charge in [-0.05, 0) is 47.6 Å². The van der Waals surface area contributed by atoms with Crippen molar-refractivity contribution in [2.24, 2.45) is 0 Å². The number of phenols is 1. The Kier molecular flexibility index (Phi) is 11.4.